The molecule has 2 rings (SSSR count). The van der Waals surface area contributed by atoms with E-state index in [9.17, 15) is 0 Å². The molecule has 0 radical (unpaired) electrons. The summed E-state index contributed by atoms with van der Waals surface area (Å²) in [7, 11) is 0. The highest BCUT2D eigenvalue weighted by molar-refractivity contribution is 5.53. The molecule has 3 nitrogen and oxygen atoms in total. The first-order valence-electron chi connectivity index (χ1n) is 8.69. The molecule has 0 unspecified atom stereocenters. The van der Waals surface area contributed by atoms with Crippen LogP contribution in [-0.4, -0.2) is 6.61 Å². The first kappa shape index (κ1) is 17.9. The summed E-state index contributed by atoms with van der Waals surface area (Å²) in [4.78, 5) is 0. The highest BCUT2D eigenvalue weighted by atomic mass is 16.5. The van der Waals surface area contributed by atoms with Gasteiger partial charge in [-0.05, 0) is 55.3 Å². The fraction of sp³-hybridized carbons (Fsp3) is 0.333. The standard InChI is InChI=1S/C21H26N2O/c1-3-5-6-7-17-24-21-15-13-20(14-16-21)23-22-19-11-9-18(8-4-2)10-12-19/h4,8-16H,3,5-7,17H2,1-2H3. The van der Waals surface area contributed by atoms with E-state index in [-0.39, 0.29) is 0 Å². The third kappa shape index (κ3) is 6.37. The van der Waals surface area contributed by atoms with Crippen molar-refractivity contribution in [3.63, 3.8) is 0 Å². The largest absolute Gasteiger partial charge is 0.494 e. The lowest BCUT2D eigenvalue weighted by molar-refractivity contribution is 0.305. The molecule has 0 aliphatic rings. The minimum absolute atomic E-state index is 0.777. The van der Waals surface area contributed by atoms with Crippen LogP contribution in [0.1, 0.15) is 45.1 Å². The van der Waals surface area contributed by atoms with Crippen LogP contribution < -0.4 is 4.74 Å². The van der Waals surface area contributed by atoms with Gasteiger partial charge in [-0.3, -0.25) is 0 Å². The molecule has 0 saturated carbocycles. The number of benzene rings is 2. The number of allylic oxidation sites excluding steroid dienone is 1. The van der Waals surface area contributed by atoms with Crippen molar-refractivity contribution >= 4 is 17.5 Å². The number of hydrogen-bond acceptors (Lipinski definition) is 3. The van der Waals surface area contributed by atoms with Gasteiger partial charge in [0.15, 0.2) is 0 Å². The Labute approximate surface area is 145 Å². The first-order valence-corrected chi connectivity index (χ1v) is 8.69. The number of rotatable bonds is 9. The normalized spacial score (nSPS) is 11.4. The van der Waals surface area contributed by atoms with Gasteiger partial charge in [0.05, 0.1) is 18.0 Å². The van der Waals surface area contributed by atoms with Crippen molar-refractivity contribution in [2.45, 2.75) is 39.5 Å². The van der Waals surface area contributed by atoms with Crippen molar-refractivity contribution in [3.8, 4) is 5.75 Å². The van der Waals surface area contributed by atoms with E-state index in [1.807, 2.05) is 61.5 Å². The molecule has 0 bridgehead atoms. The molecule has 0 spiro atoms. The van der Waals surface area contributed by atoms with Crippen LogP contribution in [0.15, 0.2) is 64.8 Å². The molecule has 2 aromatic rings. The molecule has 0 fully saturated rings. The summed E-state index contributed by atoms with van der Waals surface area (Å²) in [5, 5.41) is 8.53. The molecular formula is C21H26N2O. The van der Waals surface area contributed by atoms with Crippen molar-refractivity contribution in [2.24, 2.45) is 10.2 Å². The van der Waals surface area contributed by atoms with Crippen LogP contribution in [0, 0.1) is 0 Å². The summed E-state index contributed by atoms with van der Waals surface area (Å²) in [5.74, 6) is 0.890. The lowest BCUT2D eigenvalue weighted by atomic mass is 10.2. The lowest BCUT2D eigenvalue weighted by Gasteiger charge is -2.05. The molecule has 0 atom stereocenters. The molecule has 0 aliphatic carbocycles. The van der Waals surface area contributed by atoms with E-state index in [1.165, 1.54) is 19.3 Å². The van der Waals surface area contributed by atoms with Crippen LogP contribution in [0.3, 0.4) is 0 Å². The Morgan fingerprint density at radius 2 is 1.46 bits per heavy atom. The van der Waals surface area contributed by atoms with Gasteiger partial charge in [-0.25, -0.2) is 0 Å². The van der Waals surface area contributed by atoms with Crippen LogP contribution in [0.2, 0.25) is 0 Å². The highest BCUT2D eigenvalue weighted by Crippen LogP contribution is 2.22. The Hall–Kier alpha value is -2.42. The van der Waals surface area contributed by atoms with Crippen LogP contribution >= 0.6 is 0 Å². The fourth-order valence-electron chi connectivity index (χ4n) is 2.29. The van der Waals surface area contributed by atoms with Crippen molar-refractivity contribution in [1.82, 2.24) is 0 Å². The van der Waals surface area contributed by atoms with Gasteiger partial charge in [-0.15, -0.1) is 0 Å². The number of nitrogens with zero attached hydrogens (tertiary/aromatic N) is 2. The van der Waals surface area contributed by atoms with E-state index >= 15 is 0 Å². The maximum atomic E-state index is 5.73. The molecule has 24 heavy (non-hydrogen) atoms. The predicted octanol–water partition coefficient (Wildman–Crippen LogP) is 7.09. The maximum Gasteiger partial charge on any atom is 0.119 e. The Morgan fingerprint density at radius 1 is 0.833 bits per heavy atom. The number of azo groups is 1. The lowest BCUT2D eigenvalue weighted by Crippen LogP contribution is -1.96. The minimum Gasteiger partial charge on any atom is -0.494 e. The van der Waals surface area contributed by atoms with Crippen molar-refractivity contribution in [1.29, 1.82) is 0 Å². The van der Waals surface area contributed by atoms with E-state index < -0.39 is 0 Å². The molecule has 0 aromatic heterocycles. The van der Waals surface area contributed by atoms with Gasteiger partial charge >= 0.3 is 0 Å². The summed E-state index contributed by atoms with van der Waals surface area (Å²) in [6.07, 6.45) is 8.94. The minimum atomic E-state index is 0.777. The van der Waals surface area contributed by atoms with Crippen LogP contribution in [-0.2, 0) is 0 Å². The third-order valence-electron chi connectivity index (χ3n) is 3.64. The van der Waals surface area contributed by atoms with Crippen molar-refractivity contribution < 1.29 is 4.74 Å². The highest BCUT2D eigenvalue weighted by Gasteiger charge is 1.96. The summed E-state index contributed by atoms with van der Waals surface area (Å²) in [6.45, 7) is 5.00. The van der Waals surface area contributed by atoms with Gasteiger partial charge in [0.2, 0.25) is 0 Å². The van der Waals surface area contributed by atoms with Crippen LogP contribution in [0.4, 0.5) is 11.4 Å². The van der Waals surface area contributed by atoms with Crippen LogP contribution in [0.25, 0.3) is 6.08 Å². The second-order valence-electron chi connectivity index (χ2n) is 5.69. The molecular weight excluding hydrogens is 296 g/mol. The number of unbranched alkanes of at least 4 members (excludes halogenated alkanes) is 3. The van der Waals surface area contributed by atoms with Crippen LogP contribution in [0.5, 0.6) is 5.75 Å². The molecule has 2 aromatic carbocycles. The van der Waals surface area contributed by atoms with Crippen molar-refractivity contribution in [3.05, 3.63) is 60.2 Å². The quantitative estimate of drug-likeness (QED) is 0.358. The molecule has 0 N–H and O–H groups in total. The van der Waals surface area contributed by atoms with E-state index in [4.69, 9.17) is 4.74 Å². The third-order valence-corrected chi connectivity index (χ3v) is 3.64. The predicted molar refractivity (Wildman–Crippen MR) is 101 cm³/mol. The zero-order valence-corrected chi connectivity index (χ0v) is 14.6. The van der Waals surface area contributed by atoms with Gasteiger partial charge in [0.1, 0.15) is 5.75 Å². The first-order chi connectivity index (χ1) is 11.8. The SMILES string of the molecule is CC=Cc1ccc(N=Nc2ccc(OCCCCCC)cc2)cc1. The summed E-state index contributed by atoms with van der Waals surface area (Å²) in [5.41, 5.74) is 2.84. The average molecular weight is 322 g/mol. The maximum absolute atomic E-state index is 5.73. The van der Waals surface area contributed by atoms with Crippen molar-refractivity contribution in [2.75, 3.05) is 6.61 Å². The van der Waals surface area contributed by atoms with Gasteiger partial charge in [-0.1, -0.05) is 50.5 Å². The molecule has 0 heterocycles. The van der Waals surface area contributed by atoms with Gasteiger partial charge < -0.3 is 4.74 Å². The molecule has 126 valence electrons. The second kappa shape index (κ2) is 10.4. The average Bonchev–Trinajstić information content (AvgIpc) is 2.62. The van der Waals surface area contributed by atoms with E-state index in [0.29, 0.717) is 0 Å². The smallest absolute Gasteiger partial charge is 0.119 e. The topological polar surface area (TPSA) is 34.0 Å². The summed E-state index contributed by atoms with van der Waals surface area (Å²) < 4.78 is 5.73. The van der Waals surface area contributed by atoms with Gasteiger partial charge in [0.25, 0.3) is 0 Å². The number of ether oxygens (including phenoxy) is 1. The molecule has 0 aliphatic heterocycles. The van der Waals surface area contributed by atoms with E-state index in [2.05, 4.69) is 23.2 Å². The van der Waals surface area contributed by atoms with Gasteiger partial charge in [-0.2, -0.15) is 10.2 Å². The molecule has 0 amide bonds. The summed E-state index contributed by atoms with van der Waals surface area (Å²) >= 11 is 0. The van der Waals surface area contributed by atoms with Gasteiger partial charge in [0, 0.05) is 0 Å². The fourth-order valence-corrected chi connectivity index (χ4v) is 2.29. The summed E-state index contributed by atoms with van der Waals surface area (Å²) in [6, 6.07) is 15.7. The zero-order chi connectivity index (χ0) is 17.0. The Kier molecular flexibility index (Phi) is 7.75. The number of hydrogen-bond donors (Lipinski definition) is 0. The molecule has 3 heteroatoms. The Bertz CT molecular complexity index is 643. The van der Waals surface area contributed by atoms with E-state index in [0.717, 1.165) is 35.7 Å². The molecule has 0 saturated heterocycles. The Morgan fingerprint density at radius 3 is 2.04 bits per heavy atom. The monoisotopic (exact) mass is 322 g/mol. The second-order valence-corrected chi connectivity index (χ2v) is 5.69. The zero-order valence-electron chi connectivity index (χ0n) is 14.6. The Balaban J connectivity index is 1.84. The van der Waals surface area contributed by atoms with E-state index in [1.54, 1.807) is 0 Å².